The van der Waals surface area contributed by atoms with Crippen molar-refractivity contribution in [2.75, 3.05) is 24.3 Å². The van der Waals surface area contributed by atoms with Gasteiger partial charge in [0, 0.05) is 12.1 Å². The number of ether oxygens (including phenoxy) is 1. The number of carbonyl (C=O) groups is 1. The number of aliphatic hydroxyl groups excluding tert-OH is 2. The zero-order valence-corrected chi connectivity index (χ0v) is 15.6. The SMILES string of the molecule is CSCC[C@H](N)C(=O)OC[C@H]1C[C@@](C#N)(n2ccc(N)nc2=O)C(O)C1O. The summed E-state index contributed by atoms with van der Waals surface area (Å²) >= 11 is 1.55. The Hall–Kier alpha value is -2.13. The summed E-state index contributed by atoms with van der Waals surface area (Å²) in [4.78, 5) is 27.6. The Morgan fingerprint density at radius 3 is 2.93 bits per heavy atom. The van der Waals surface area contributed by atoms with Crippen LogP contribution >= 0.6 is 11.8 Å². The first-order chi connectivity index (χ1) is 12.8. The van der Waals surface area contributed by atoms with E-state index in [1.165, 1.54) is 12.3 Å². The smallest absolute Gasteiger partial charge is 0.350 e. The fraction of sp³-hybridized carbons (Fsp3) is 0.625. The molecule has 1 fully saturated rings. The number of hydrogen-bond donors (Lipinski definition) is 4. The van der Waals surface area contributed by atoms with E-state index in [4.69, 9.17) is 16.2 Å². The third kappa shape index (κ3) is 4.24. The second-order valence-electron chi connectivity index (χ2n) is 6.46. The molecular weight excluding hydrogens is 374 g/mol. The summed E-state index contributed by atoms with van der Waals surface area (Å²) in [5.41, 5.74) is 8.63. The summed E-state index contributed by atoms with van der Waals surface area (Å²) in [7, 11) is 0. The highest BCUT2D eigenvalue weighted by molar-refractivity contribution is 7.98. The fourth-order valence-corrected chi connectivity index (χ4v) is 3.61. The van der Waals surface area contributed by atoms with Gasteiger partial charge in [-0.1, -0.05) is 0 Å². The van der Waals surface area contributed by atoms with Crippen molar-refractivity contribution in [2.45, 2.75) is 36.6 Å². The van der Waals surface area contributed by atoms with E-state index in [2.05, 4.69) is 4.98 Å². The van der Waals surface area contributed by atoms with E-state index in [-0.39, 0.29) is 18.8 Å². The Labute approximate surface area is 160 Å². The lowest BCUT2D eigenvalue weighted by atomic mass is 9.95. The van der Waals surface area contributed by atoms with Crippen LogP contribution in [0.25, 0.3) is 0 Å². The number of aromatic nitrogens is 2. The number of rotatable bonds is 7. The molecule has 1 saturated carbocycles. The minimum atomic E-state index is -1.74. The largest absolute Gasteiger partial charge is 0.464 e. The summed E-state index contributed by atoms with van der Waals surface area (Å²) in [6.07, 6.45) is 0.541. The van der Waals surface area contributed by atoms with Gasteiger partial charge in [-0.25, -0.2) is 4.79 Å². The molecular formula is C16H23N5O5S. The average Bonchev–Trinajstić information content (AvgIpc) is 2.89. The molecule has 1 aliphatic rings. The Kier molecular flexibility index (Phi) is 6.83. The first kappa shape index (κ1) is 21.2. The topological polar surface area (TPSA) is 177 Å². The third-order valence-corrected chi connectivity index (χ3v) is 5.34. The van der Waals surface area contributed by atoms with E-state index in [0.717, 1.165) is 4.57 Å². The molecule has 6 N–H and O–H groups in total. The van der Waals surface area contributed by atoms with Crippen LogP contribution in [0.4, 0.5) is 5.82 Å². The highest BCUT2D eigenvalue weighted by atomic mass is 32.2. The summed E-state index contributed by atoms with van der Waals surface area (Å²) in [5.74, 6) is -0.694. The normalized spacial score (nSPS) is 28.5. The van der Waals surface area contributed by atoms with Gasteiger partial charge in [0.15, 0.2) is 5.54 Å². The molecule has 5 atom stereocenters. The van der Waals surface area contributed by atoms with Gasteiger partial charge in [0.25, 0.3) is 0 Å². The highest BCUT2D eigenvalue weighted by Crippen LogP contribution is 2.40. The number of carbonyl (C=O) groups excluding carboxylic acids is 1. The number of nitriles is 1. The number of anilines is 1. The maximum Gasteiger partial charge on any atom is 0.350 e. The second kappa shape index (κ2) is 8.71. The van der Waals surface area contributed by atoms with Gasteiger partial charge in [-0.15, -0.1) is 0 Å². The second-order valence-corrected chi connectivity index (χ2v) is 7.44. The van der Waals surface area contributed by atoms with Gasteiger partial charge in [-0.05, 0) is 30.9 Å². The summed E-state index contributed by atoms with van der Waals surface area (Å²) < 4.78 is 6.10. The Bertz CT molecular complexity index is 781. The number of esters is 1. The maximum absolute atomic E-state index is 12.1. The van der Waals surface area contributed by atoms with Crippen molar-refractivity contribution in [3.8, 4) is 6.07 Å². The van der Waals surface area contributed by atoms with Crippen LogP contribution in [0.5, 0.6) is 0 Å². The molecule has 0 spiro atoms. The van der Waals surface area contributed by atoms with Crippen molar-refractivity contribution in [3.63, 3.8) is 0 Å². The van der Waals surface area contributed by atoms with E-state index in [0.29, 0.717) is 12.2 Å². The Morgan fingerprint density at radius 1 is 1.63 bits per heavy atom. The standard InChI is InChI=1S/C16H23N5O5S/c1-27-5-3-10(18)14(24)26-7-9-6-16(8-17,13(23)12(9)22)21-4-2-11(19)20-15(21)25/h2,4,9-10,12-13,22-23H,3,5-7,18H2,1H3,(H2,19,20,25)/t9-,10+,12?,13?,16+/m1/s1. The van der Waals surface area contributed by atoms with Crippen LogP contribution < -0.4 is 17.2 Å². The van der Waals surface area contributed by atoms with Crippen molar-refractivity contribution < 1.29 is 19.7 Å². The predicted octanol–water partition coefficient (Wildman–Crippen LogP) is -1.59. The van der Waals surface area contributed by atoms with E-state index < -0.39 is 41.4 Å². The van der Waals surface area contributed by atoms with Gasteiger partial charge < -0.3 is 26.4 Å². The quantitative estimate of drug-likeness (QED) is 0.392. The summed E-state index contributed by atoms with van der Waals surface area (Å²) in [6.45, 7) is -0.232. The van der Waals surface area contributed by atoms with Crippen molar-refractivity contribution in [1.29, 1.82) is 5.26 Å². The number of hydrogen-bond acceptors (Lipinski definition) is 10. The molecule has 11 heteroatoms. The van der Waals surface area contributed by atoms with E-state index >= 15 is 0 Å². The monoisotopic (exact) mass is 397 g/mol. The molecule has 0 aromatic carbocycles. The zero-order chi connectivity index (χ0) is 20.2. The lowest BCUT2D eigenvalue weighted by Crippen LogP contribution is -2.48. The predicted molar refractivity (Wildman–Crippen MR) is 98.6 cm³/mol. The van der Waals surface area contributed by atoms with Gasteiger partial charge in [0.2, 0.25) is 0 Å². The molecule has 1 aliphatic carbocycles. The van der Waals surface area contributed by atoms with Crippen molar-refractivity contribution in [1.82, 2.24) is 9.55 Å². The zero-order valence-electron chi connectivity index (χ0n) is 14.8. The summed E-state index contributed by atoms with van der Waals surface area (Å²) in [6, 6.07) is 2.44. The van der Waals surface area contributed by atoms with E-state index in [1.807, 2.05) is 12.3 Å². The molecule has 2 unspecified atom stereocenters. The fourth-order valence-electron chi connectivity index (χ4n) is 3.12. The van der Waals surface area contributed by atoms with E-state index in [1.54, 1.807) is 11.8 Å². The first-order valence-electron chi connectivity index (χ1n) is 8.31. The molecule has 1 heterocycles. The molecule has 1 aromatic rings. The van der Waals surface area contributed by atoms with E-state index in [9.17, 15) is 25.1 Å². The molecule has 1 aromatic heterocycles. The molecule has 10 nitrogen and oxygen atoms in total. The highest BCUT2D eigenvalue weighted by Gasteiger charge is 2.55. The lowest BCUT2D eigenvalue weighted by molar-refractivity contribution is -0.147. The molecule has 0 radical (unpaired) electrons. The van der Waals surface area contributed by atoms with Gasteiger partial charge in [0.05, 0.1) is 18.8 Å². The third-order valence-electron chi connectivity index (χ3n) is 4.69. The van der Waals surface area contributed by atoms with Crippen LogP contribution in [0.2, 0.25) is 0 Å². The van der Waals surface area contributed by atoms with Crippen molar-refractivity contribution >= 4 is 23.5 Å². The lowest BCUT2D eigenvalue weighted by Gasteiger charge is -2.27. The van der Waals surface area contributed by atoms with Gasteiger partial charge >= 0.3 is 11.7 Å². The number of nitrogens with two attached hydrogens (primary N) is 2. The van der Waals surface area contributed by atoms with Crippen LogP contribution in [0, 0.1) is 17.2 Å². The van der Waals surface area contributed by atoms with Crippen molar-refractivity contribution in [2.24, 2.45) is 11.7 Å². The Morgan fingerprint density at radius 2 is 2.33 bits per heavy atom. The Balaban J connectivity index is 2.15. The molecule has 0 aliphatic heterocycles. The first-order valence-corrected chi connectivity index (χ1v) is 9.70. The average molecular weight is 397 g/mol. The minimum absolute atomic E-state index is 0.0258. The maximum atomic E-state index is 12.1. The van der Waals surface area contributed by atoms with Crippen LogP contribution in [0.15, 0.2) is 17.1 Å². The molecule has 148 valence electrons. The van der Waals surface area contributed by atoms with Crippen LogP contribution in [-0.2, 0) is 15.1 Å². The number of nitrogens with zero attached hydrogens (tertiary/aromatic N) is 3. The number of thioether (sulfide) groups is 1. The molecule has 2 rings (SSSR count). The van der Waals surface area contributed by atoms with Crippen molar-refractivity contribution in [3.05, 3.63) is 22.7 Å². The number of nitrogen functional groups attached to an aromatic ring is 1. The van der Waals surface area contributed by atoms with Gasteiger partial charge in [0.1, 0.15) is 18.0 Å². The molecule has 0 bridgehead atoms. The number of aliphatic hydroxyl groups is 2. The molecule has 0 amide bonds. The van der Waals surface area contributed by atoms with Crippen LogP contribution in [-0.4, -0.2) is 62.6 Å². The molecule has 27 heavy (non-hydrogen) atoms. The minimum Gasteiger partial charge on any atom is -0.464 e. The van der Waals surface area contributed by atoms with Gasteiger partial charge in [-0.3, -0.25) is 9.36 Å². The van der Waals surface area contributed by atoms with Crippen LogP contribution in [0.3, 0.4) is 0 Å². The summed E-state index contributed by atoms with van der Waals surface area (Å²) in [5, 5.41) is 30.5. The van der Waals surface area contributed by atoms with Gasteiger partial charge in [-0.2, -0.15) is 22.0 Å². The molecule has 0 saturated heterocycles. The van der Waals surface area contributed by atoms with Crippen LogP contribution in [0.1, 0.15) is 12.8 Å².